The molecule has 6 aliphatic rings. The molecule has 5 saturated carbocycles. The van der Waals surface area contributed by atoms with Crippen molar-refractivity contribution >= 4 is 23.4 Å². The van der Waals surface area contributed by atoms with Crippen LogP contribution in [0.2, 0.25) is 0 Å². The van der Waals surface area contributed by atoms with Crippen LogP contribution in [-0.2, 0) is 19.2 Å². The van der Waals surface area contributed by atoms with Crippen molar-refractivity contribution in [2.24, 2.45) is 58.3 Å². The molecule has 1 saturated heterocycles. The standard InChI is InChI=1S/C27H40N4O7/c28-14-7-15(30-17(33)8-31-9-27(10-31)2-1-3-27)22(34)20-13(14)5-11-4-12-6-16(32)21(26(29)38)25(37)19(12)23(35)18(11)24(20)36/h11-16,18-23,32,34-35H,1-10,28H2,(H2,29,38)(H,30,33). The van der Waals surface area contributed by atoms with Gasteiger partial charge in [-0.1, -0.05) is 6.42 Å². The largest absolute Gasteiger partial charge is 0.392 e. The fourth-order valence-corrected chi connectivity index (χ4v) is 9.18. The predicted octanol–water partition coefficient (Wildman–Crippen LogP) is -2.08. The summed E-state index contributed by atoms with van der Waals surface area (Å²) in [6, 6.07) is -1.08. The highest BCUT2D eigenvalue weighted by molar-refractivity contribution is 6.03. The summed E-state index contributed by atoms with van der Waals surface area (Å²) in [5.41, 5.74) is 12.3. The minimum Gasteiger partial charge on any atom is -0.392 e. The Morgan fingerprint density at radius 2 is 1.58 bits per heavy atom. The topological polar surface area (TPSA) is 196 Å². The van der Waals surface area contributed by atoms with Crippen LogP contribution in [0.5, 0.6) is 0 Å². The highest BCUT2D eigenvalue weighted by atomic mass is 16.3. The number of aliphatic hydroxyl groups is 3. The molecular formula is C27H40N4O7. The highest BCUT2D eigenvalue weighted by Crippen LogP contribution is 2.53. The maximum absolute atomic E-state index is 13.8. The van der Waals surface area contributed by atoms with Crippen molar-refractivity contribution in [3.05, 3.63) is 0 Å². The minimum atomic E-state index is -1.40. The van der Waals surface area contributed by atoms with Gasteiger partial charge in [0.1, 0.15) is 11.7 Å². The first-order valence-electron chi connectivity index (χ1n) is 14.2. The van der Waals surface area contributed by atoms with Crippen molar-refractivity contribution in [3.8, 4) is 0 Å². The number of nitrogens with zero attached hydrogens (tertiary/aromatic N) is 1. The Labute approximate surface area is 221 Å². The van der Waals surface area contributed by atoms with Crippen molar-refractivity contribution in [2.45, 2.75) is 75.3 Å². The van der Waals surface area contributed by atoms with E-state index in [-0.39, 0.29) is 42.4 Å². The Morgan fingerprint density at radius 1 is 0.921 bits per heavy atom. The second kappa shape index (κ2) is 9.33. The monoisotopic (exact) mass is 532 g/mol. The van der Waals surface area contributed by atoms with Gasteiger partial charge in [0, 0.05) is 31.0 Å². The van der Waals surface area contributed by atoms with Gasteiger partial charge in [0.25, 0.3) is 0 Å². The van der Waals surface area contributed by atoms with Crippen LogP contribution >= 0.6 is 0 Å². The van der Waals surface area contributed by atoms with Crippen LogP contribution in [0.1, 0.15) is 44.9 Å². The van der Waals surface area contributed by atoms with Gasteiger partial charge in [-0.3, -0.25) is 24.1 Å². The number of ketones is 2. The lowest BCUT2D eigenvalue weighted by Gasteiger charge is -2.56. The number of nitrogens with one attached hydrogen (secondary N) is 1. The van der Waals surface area contributed by atoms with E-state index in [2.05, 4.69) is 10.2 Å². The number of nitrogens with two attached hydrogens (primary N) is 2. The normalized spacial score (nSPS) is 47.7. The molecule has 210 valence electrons. The zero-order valence-electron chi connectivity index (χ0n) is 21.6. The number of primary amides is 1. The van der Waals surface area contributed by atoms with E-state index in [1.54, 1.807) is 0 Å². The van der Waals surface area contributed by atoms with Gasteiger partial charge < -0.3 is 32.1 Å². The van der Waals surface area contributed by atoms with E-state index in [4.69, 9.17) is 11.5 Å². The lowest BCUT2D eigenvalue weighted by atomic mass is 9.50. The van der Waals surface area contributed by atoms with Gasteiger partial charge in [-0.05, 0) is 61.7 Å². The number of carbonyl (C=O) groups is 4. The minimum absolute atomic E-state index is 0.160. The maximum Gasteiger partial charge on any atom is 0.234 e. The summed E-state index contributed by atoms with van der Waals surface area (Å²) in [6.07, 6.45) is 1.52. The molecule has 0 aromatic rings. The number of fused-ring (bicyclic) bond motifs is 3. The van der Waals surface area contributed by atoms with Crippen LogP contribution in [0.25, 0.3) is 0 Å². The molecule has 12 atom stereocenters. The van der Waals surface area contributed by atoms with Gasteiger partial charge in [-0.2, -0.15) is 0 Å². The number of likely N-dealkylation sites (tertiary alicyclic amines) is 1. The summed E-state index contributed by atoms with van der Waals surface area (Å²) in [6.45, 7) is 2.10. The quantitative estimate of drug-likeness (QED) is 0.220. The molecule has 6 fully saturated rings. The van der Waals surface area contributed by atoms with E-state index in [9.17, 15) is 34.5 Å². The number of aliphatic hydroxyl groups excluding tert-OH is 3. The smallest absolute Gasteiger partial charge is 0.234 e. The van der Waals surface area contributed by atoms with Crippen molar-refractivity contribution in [1.82, 2.24) is 10.2 Å². The summed E-state index contributed by atoms with van der Waals surface area (Å²) in [5.74, 6) is -7.04. The lowest BCUT2D eigenvalue weighted by molar-refractivity contribution is -0.173. The second-order valence-electron chi connectivity index (χ2n) is 13.3. The molecule has 0 aromatic carbocycles. The van der Waals surface area contributed by atoms with E-state index in [0.29, 0.717) is 24.7 Å². The summed E-state index contributed by atoms with van der Waals surface area (Å²) in [7, 11) is 0. The van der Waals surface area contributed by atoms with Gasteiger partial charge in [0.15, 0.2) is 5.78 Å². The summed E-state index contributed by atoms with van der Waals surface area (Å²) >= 11 is 0. The molecule has 1 heterocycles. The Balaban J connectivity index is 1.15. The summed E-state index contributed by atoms with van der Waals surface area (Å²) in [4.78, 5) is 53.7. The molecule has 12 unspecified atom stereocenters. The third kappa shape index (κ3) is 4.04. The maximum atomic E-state index is 13.8. The summed E-state index contributed by atoms with van der Waals surface area (Å²) < 4.78 is 0. The predicted molar refractivity (Wildman–Crippen MR) is 133 cm³/mol. The molecule has 6 rings (SSSR count). The van der Waals surface area contributed by atoms with E-state index >= 15 is 0 Å². The number of rotatable bonds is 4. The van der Waals surface area contributed by atoms with Crippen LogP contribution in [0.4, 0.5) is 0 Å². The molecule has 8 N–H and O–H groups in total. The Bertz CT molecular complexity index is 1020. The highest BCUT2D eigenvalue weighted by Gasteiger charge is 2.61. The van der Waals surface area contributed by atoms with Gasteiger partial charge in [0.2, 0.25) is 11.8 Å². The van der Waals surface area contributed by atoms with Gasteiger partial charge in [-0.25, -0.2) is 0 Å². The number of hydrogen-bond acceptors (Lipinski definition) is 9. The van der Waals surface area contributed by atoms with E-state index < -0.39 is 65.8 Å². The average molecular weight is 533 g/mol. The molecule has 0 aromatic heterocycles. The zero-order valence-corrected chi connectivity index (χ0v) is 21.6. The number of amides is 2. The third-order valence-electron chi connectivity index (χ3n) is 11.0. The van der Waals surface area contributed by atoms with Gasteiger partial charge >= 0.3 is 0 Å². The Morgan fingerprint density at radius 3 is 2.21 bits per heavy atom. The van der Waals surface area contributed by atoms with E-state index in [0.717, 1.165) is 13.1 Å². The third-order valence-corrected chi connectivity index (χ3v) is 11.0. The van der Waals surface area contributed by atoms with Crippen molar-refractivity contribution in [2.75, 3.05) is 19.6 Å². The van der Waals surface area contributed by atoms with Crippen LogP contribution in [0.15, 0.2) is 0 Å². The average Bonchev–Trinajstić information content (AvgIpc) is 2.77. The van der Waals surface area contributed by atoms with Crippen molar-refractivity contribution in [3.63, 3.8) is 0 Å². The van der Waals surface area contributed by atoms with Crippen LogP contribution in [0.3, 0.4) is 0 Å². The van der Waals surface area contributed by atoms with Crippen molar-refractivity contribution in [1.29, 1.82) is 0 Å². The molecule has 38 heavy (non-hydrogen) atoms. The van der Waals surface area contributed by atoms with Crippen LogP contribution in [0, 0.1) is 46.8 Å². The van der Waals surface area contributed by atoms with E-state index in [1.165, 1.54) is 19.3 Å². The molecule has 1 aliphatic heterocycles. The first kappa shape index (κ1) is 26.3. The molecule has 1 spiro atoms. The Kier molecular flexibility index (Phi) is 6.46. The molecule has 0 radical (unpaired) electrons. The molecular weight excluding hydrogens is 492 g/mol. The van der Waals surface area contributed by atoms with Crippen LogP contribution in [-0.4, -0.2) is 93.6 Å². The summed E-state index contributed by atoms with van der Waals surface area (Å²) in [5, 5.41) is 35.9. The van der Waals surface area contributed by atoms with Gasteiger partial charge in [0.05, 0.1) is 36.8 Å². The fraction of sp³-hybridized carbons (Fsp3) is 0.852. The van der Waals surface area contributed by atoms with Gasteiger partial charge in [-0.15, -0.1) is 0 Å². The molecule has 5 aliphatic carbocycles. The number of Topliss-reactive ketones (excluding diaryl/α,β-unsaturated/α-hetero) is 2. The van der Waals surface area contributed by atoms with Crippen LogP contribution < -0.4 is 16.8 Å². The lowest BCUT2D eigenvalue weighted by Crippen LogP contribution is -2.67. The molecule has 0 bridgehead atoms. The zero-order chi connectivity index (χ0) is 27.1. The molecule has 11 nitrogen and oxygen atoms in total. The van der Waals surface area contributed by atoms with E-state index in [1.807, 2.05) is 0 Å². The first-order chi connectivity index (χ1) is 18.0. The molecule has 11 heteroatoms. The Hall–Kier alpha value is -1.92. The van der Waals surface area contributed by atoms with Crippen molar-refractivity contribution < 1.29 is 34.5 Å². The fourth-order valence-electron chi connectivity index (χ4n) is 9.18. The number of carbonyl (C=O) groups excluding carboxylic acids is 4. The number of hydrogen-bond donors (Lipinski definition) is 6. The first-order valence-corrected chi connectivity index (χ1v) is 14.2. The SMILES string of the molecule is NC(=O)C1C(=O)C2C(CC1O)CC1CC3C(N)CC(NC(=O)CN4CC5(CCC5)C4)C(O)C3C(=O)C1C2O. The second-order valence-corrected chi connectivity index (χ2v) is 13.3. The molecule has 2 amide bonds.